The van der Waals surface area contributed by atoms with Gasteiger partial charge in [0.1, 0.15) is 6.54 Å². The second-order valence-corrected chi connectivity index (χ2v) is 8.91. The van der Waals surface area contributed by atoms with Gasteiger partial charge >= 0.3 is 5.97 Å². The molecule has 144 valence electrons. The van der Waals surface area contributed by atoms with Crippen molar-refractivity contribution < 1.29 is 19.1 Å². The number of ketones is 1. The molecule has 4 bridgehead atoms. The number of ether oxygens (including phenoxy) is 1. The molecule has 1 aromatic carbocycles. The van der Waals surface area contributed by atoms with Crippen LogP contribution >= 0.6 is 11.6 Å². The number of halogens is 1. The van der Waals surface area contributed by atoms with E-state index in [4.69, 9.17) is 16.3 Å². The molecule has 1 N–H and O–H groups in total. The Labute approximate surface area is 163 Å². The fraction of sp³-hybridized carbons (Fsp3) is 0.571. The average molecular weight is 390 g/mol. The zero-order valence-electron chi connectivity index (χ0n) is 15.2. The first-order valence-electron chi connectivity index (χ1n) is 9.66. The number of carbonyl (C=O) groups is 3. The molecule has 4 aliphatic carbocycles. The minimum atomic E-state index is -0.594. The number of carbonyl (C=O) groups excluding carboxylic acids is 3. The van der Waals surface area contributed by atoms with Gasteiger partial charge in [-0.05, 0) is 74.5 Å². The van der Waals surface area contributed by atoms with Gasteiger partial charge in [0.25, 0.3) is 5.91 Å². The summed E-state index contributed by atoms with van der Waals surface area (Å²) in [5.74, 6) is 1.09. The van der Waals surface area contributed by atoms with Crippen LogP contribution in [-0.2, 0) is 14.3 Å². The van der Waals surface area contributed by atoms with Crippen LogP contribution < -0.4 is 5.32 Å². The summed E-state index contributed by atoms with van der Waals surface area (Å²) in [5, 5.41) is 2.95. The molecule has 0 radical (unpaired) electrons. The molecule has 0 heterocycles. The first-order valence-corrected chi connectivity index (χ1v) is 10.0. The fourth-order valence-electron chi connectivity index (χ4n) is 5.69. The Balaban J connectivity index is 1.26. The van der Waals surface area contributed by atoms with Crippen LogP contribution in [-0.4, -0.2) is 30.8 Å². The van der Waals surface area contributed by atoms with Crippen LogP contribution in [0.15, 0.2) is 24.3 Å². The second kappa shape index (κ2) is 7.27. The molecule has 0 saturated heterocycles. The maximum absolute atomic E-state index is 12.8. The third-order valence-corrected chi connectivity index (χ3v) is 6.71. The third-order valence-electron chi connectivity index (χ3n) is 6.47. The van der Waals surface area contributed by atoms with Crippen LogP contribution in [0, 0.1) is 23.2 Å². The van der Waals surface area contributed by atoms with E-state index >= 15 is 0 Å². The van der Waals surface area contributed by atoms with Gasteiger partial charge in [-0.1, -0.05) is 17.7 Å². The summed E-state index contributed by atoms with van der Waals surface area (Å²) in [6.45, 7) is -0.447. The lowest BCUT2D eigenvalue weighted by Crippen LogP contribution is -2.51. The first-order chi connectivity index (χ1) is 12.9. The van der Waals surface area contributed by atoms with E-state index in [1.54, 1.807) is 18.2 Å². The number of hydrogen-bond acceptors (Lipinski definition) is 4. The number of hydrogen-bond donors (Lipinski definition) is 1. The smallest absolute Gasteiger partial charge is 0.325 e. The minimum absolute atomic E-state index is 0.0658. The Morgan fingerprint density at radius 2 is 1.70 bits per heavy atom. The van der Waals surface area contributed by atoms with Crippen LogP contribution in [0.25, 0.3) is 0 Å². The van der Waals surface area contributed by atoms with Gasteiger partial charge in [-0.15, -0.1) is 0 Å². The number of Topliss-reactive ketones (excluding diaryl/α,β-unsaturated/α-hetero) is 1. The lowest BCUT2D eigenvalue weighted by molar-refractivity contribution is -0.157. The van der Waals surface area contributed by atoms with Crippen molar-refractivity contribution in [1.82, 2.24) is 5.32 Å². The van der Waals surface area contributed by atoms with Crippen LogP contribution in [0.4, 0.5) is 0 Å². The molecule has 5 nitrogen and oxygen atoms in total. The molecule has 4 saturated carbocycles. The van der Waals surface area contributed by atoms with E-state index in [-0.39, 0.29) is 24.3 Å². The van der Waals surface area contributed by atoms with E-state index in [1.165, 1.54) is 25.3 Å². The lowest BCUT2D eigenvalue weighted by atomic mass is 9.48. The Morgan fingerprint density at radius 3 is 2.30 bits per heavy atom. The van der Waals surface area contributed by atoms with Gasteiger partial charge in [0.05, 0.1) is 0 Å². The molecule has 5 rings (SSSR count). The van der Waals surface area contributed by atoms with Crippen LogP contribution in [0.5, 0.6) is 0 Å². The topological polar surface area (TPSA) is 72.5 Å². The van der Waals surface area contributed by atoms with Crippen LogP contribution in [0.2, 0.25) is 5.02 Å². The number of rotatable bonds is 6. The van der Waals surface area contributed by atoms with Crippen molar-refractivity contribution in [2.24, 2.45) is 23.2 Å². The maximum atomic E-state index is 12.8. The fourth-order valence-corrected chi connectivity index (χ4v) is 5.88. The van der Waals surface area contributed by atoms with Crippen molar-refractivity contribution in [2.75, 3.05) is 13.2 Å². The largest absolute Gasteiger partial charge is 0.456 e. The molecule has 1 aromatic rings. The van der Waals surface area contributed by atoms with Crippen molar-refractivity contribution in [3.05, 3.63) is 34.9 Å². The third kappa shape index (κ3) is 3.88. The summed E-state index contributed by atoms with van der Waals surface area (Å²) in [5.41, 5.74) is 0.110. The molecule has 4 aliphatic rings. The Morgan fingerprint density at radius 1 is 1.07 bits per heavy atom. The van der Waals surface area contributed by atoms with Gasteiger partial charge in [-0.25, -0.2) is 0 Å². The Bertz CT molecular complexity index is 740. The number of amides is 1. The molecule has 0 aliphatic heterocycles. The van der Waals surface area contributed by atoms with Crippen molar-refractivity contribution in [2.45, 2.75) is 38.5 Å². The highest BCUT2D eigenvalue weighted by molar-refractivity contribution is 6.30. The highest BCUT2D eigenvalue weighted by atomic mass is 35.5. The first kappa shape index (κ1) is 18.5. The lowest BCUT2D eigenvalue weighted by Gasteiger charge is -2.55. The summed E-state index contributed by atoms with van der Waals surface area (Å²) in [4.78, 5) is 36.8. The highest BCUT2D eigenvalue weighted by Gasteiger charge is 2.54. The highest BCUT2D eigenvalue weighted by Crippen LogP contribution is 2.60. The quantitative estimate of drug-likeness (QED) is 0.757. The Hall–Kier alpha value is -1.88. The second-order valence-electron chi connectivity index (χ2n) is 8.47. The van der Waals surface area contributed by atoms with Gasteiger partial charge in [0.15, 0.2) is 12.4 Å². The molecule has 0 unspecified atom stereocenters. The summed E-state index contributed by atoms with van der Waals surface area (Å²) in [6.07, 6.45) is 6.67. The van der Waals surface area contributed by atoms with Crippen LogP contribution in [0.1, 0.15) is 48.9 Å². The van der Waals surface area contributed by atoms with Gasteiger partial charge in [-0.2, -0.15) is 0 Å². The van der Waals surface area contributed by atoms with Crippen LogP contribution in [0.3, 0.4) is 0 Å². The van der Waals surface area contributed by atoms with Gasteiger partial charge < -0.3 is 10.1 Å². The minimum Gasteiger partial charge on any atom is -0.456 e. The van der Waals surface area contributed by atoms with E-state index in [9.17, 15) is 14.4 Å². The monoisotopic (exact) mass is 389 g/mol. The predicted octanol–water partition coefficient (Wildman–Crippen LogP) is 3.40. The number of esters is 1. The summed E-state index contributed by atoms with van der Waals surface area (Å²) in [6, 6.07) is 6.48. The molecular weight excluding hydrogens is 366 g/mol. The van der Waals surface area contributed by atoms with Crippen molar-refractivity contribution in [3.8, 4) is 0 Å². The molecule has 4 fully saturated rings. The van der Waals surface area contributed by atoms with E-state index in [2.05, 4.69) is 5.32 Å². The Kier molecular flexibility index (Phi) is 4.97. The van der Waals surface area contributed by atoms with E-state index in [0.717, 1.165) is 19.3 Å². The average Bonchev–Trinajstić information content (AvgIpc) is 2.63. The molecule has 0 spiro atoms. The van der Waals surface area contributed by atoms with Gasteiger partial charge in [0, 0.05) is 16.0 Å². The molecule has 1 amide bonds. The SMILES string of the molecule is O=C(CNC(=O)c1cccc(Cl)c1)OCC(=O)C12CC3CC(CC(C3)C1)C2. The van der Waals surface area contributed by atoms with Crippen molar-refractivity contribution >= 4 is 29.3 Å². The predicted molar refractivity (Wildman–Crippen MR) is 100 cm³/mol. The molecular formula is C21H24ClNO4. The number of benzene rings is 1. The van der Waals surface area contributed by atoms with Crippen molar-refractivity contribution in [3.63, 3.8) is 0 Å². The standard InChI is InChI=1S/C21H24ClNO4/c22-17-3-1-2-16(7-17)20(26)23-11-19(25)27-12-18(24)21-8-13-4-14(9-21)6-15(5-13)10-21/h1-3,7,13-15H,4-6,8-12H2,(H,23,26). The molecule has 0 aromatic heterocycles. The number of nitrogens with one attached hydrogen (secondary N) is 1. The molecule has 0 atom stereocenters. The van der Waals surface area contributed by atoms with Crippen molar-refractivity contribution in [1.29, 1.82) is 0 Å². The summed E-state index contributed by atoms with van der Waals surface area (Å²) in [7, 11) is 0. The van der Waals surface area contributed by atoms with E-state index < -0.39 is 11.9 Å². The summed E-state index contributed by atoms with van der Waals surface area (Å²) < 4.78 is 5.17. The zero-order chi connectivity index (χ0) is 19.0. The molecule has 27 heavy (non-hydrogen) atoms. The van der Waals surface area contributed by atoms with E-state index in [1.807, 2.05) is 0 Å². The van der Waals surface area contributed by atoms with Gasteiger partial charge in [0.2, 0.25) is 0 Å². The zero-order valence-corrected chi connectivity index (χ0v) is 16.0. The van der Waals surface area contributed by atoms with Gasteiger partial charge in [-0.3, -0.25) is 14.4 Å². The normalized spacial score (nSPS) is 30.8. The van der Waals surface area contributed by atoms with E-state index in [0.29, 0.717) is 28.3 Å². The molecule has 6 heteroatoms. The maximum Gasteiger partial charge on any atom is 0.325 e. The summed E-state index contributed by atoms with van der Waals surface area (Å²) >= 11 is 5.86.